The molecule has 0 saturated heterocycles. The average Bonchev–Trinajstić information content (AvgIpc) is 2.37. The number of rotatable bonds is 3. The van der Waals surface area contributed by atoms with Crippen LogP contribution < -0.4 is 4.74 Å². The maximum absolute atomic E-state index is 10.0. The Balaban J connectivity index is 2.65. The fourth-order valence-corrected chi connectivity index (χ4v) is 1.80. The molecule has 1 heterocycles. The predicted octanol–water partition coefficient (Wildman–Crippen LogP) is 2.83. The highest BCUT2D eigenvalue weighted by molar-refractivity contribution is 5.82. The topological polar surface area (TPSA) is 51.6 Å². The van der Waals surface area contributed by atoms with Gasteiger partial charge in [-0.05, 0) is 32.0 Å². The minimum absolute atomic E-state index is 0.138. The third-order valence-electron chi connectivity index (χ3n) is 3.09. The first-order valence-electron chi connectivity index (χ1n) is 5.71. The number of fused-ring (bicyclic) bond motifs is 1. The van der Waals surface area contributed by atoms with Gasteiger partial charge in [-0.3, -0.25) is 0 Å². The molecule has 0 aliphatic carbocycles. The lowest BCUT2D eigenvalue weighted by Gasteiger charge is -2.23. The highest BCUT2D eigenvalue weighted by atomic mass is 16.5. The molecule has 1 N–H and O–H groups in total. The maximum Gasteiger partial charge on any atom is 0.140 e. The number of aromatic nitrogens is 1. The van der Waals surface area contributed by atoms with E-state index in [4.69, 9.17) is 9.47 Å². The van der Waals surface area contributed by atoms with Crippen molar-refractivity contribution in [1.82, 2.24) is 4.98 Å². The van der Waals surface area contributed by atoms with Crippen LogP contribution >= 0.6 is 0 Å². The van der Waals surface area contributed by atoms with Crippen LogP contribution in [0.1, 0.15) is 19.5 Å². The van der Waals surface area contributed by atoms with Crippen molar-refractivity contribution in [3.05, 3.63) is 30.0 Å². The van der Waals surface area contributed by atoms with Crippen molar-refractivity contribution in [2.24, 2.45) is 0 Å². The molecule has 18 heavy (non-hydrogen) atoms. The van der Waals surface area contributed by atoms with Crippen LogP contribution in [0.5, 0.6) is 11.5 Å². The van der Waals surface area contributed by atoms with E-state index < -0.39 is 5.60 Å². The fraction of sp³-hybridized carbons (Fsp3) is 0.357. The van der Waals surface area contributed by atoms with E-state index in [9.17, 15) is 5.11 Å². The number of hydrogen-bond acceptors (Lipinski definition) is 4. The molecular weight excluding hydrogens is 230 g/mol. The second kappa shape index (κ2) is 4.46. The number of hydrogen-bond donors (Lipinski definition) is 1. The van der Waals surface area contributed by atoms with Crippen LogP contribution in [0.25, 0.3) is 10.9 Å². The molecule has 0 aliphatic rings. The number of nitrogens with zero attached hydrogens (tertiary/aromatic N) is 1. The number of aromatic hydroxyl groups is 1. The van der Waals surface area contributed by atoms with E-state index >= 15 is 0 Å². The number of benzene rings is 1. The molecule has 0 atom stereocenters. The van der Waals surface area contributed by atoms with Crippen LogP contribution in [0, 0.1) is 0 Å². The minimum atomic E-state index is -0.638. The van der Waals surface area contributed by atoms with Gasteiger partial charge in [-0.1, -0.05) is 0 Å². The summed E-state index contributed by atoms with van der Waals surface area (Å²) in [4.78, 5) is 4.47. The molecule has 0 saturated carbocycles. The van der Waals surface area contributed by atoms with Crippen molar-refractivity contribution in [3.63, 3.8) is 0 Å². The third kappa shape index (κ3) is 2.11. The van der Waals surface area contributed by atoms with Gasteiger partial charge in [0.2, 0.25) is 0 Å². The molecule has 1 aromatic carbocycles. The monoisotopic (exact) mass is 247 g/mol. The smallest absolute Gasteiger partial charge is 0.140 e. The highest BCUT2D eigenvalue weighted by Crippen LogP contribution is 2.33. The van der Waals surface area contributed by atoms with Crippen molar-refractivity contribution in [2.75, 3.05) is 14.2 Å². The third-order valence-corrected chi connectivity index (χ3v) is 3.09. The van der Waals surface area contributed by atoms with E-state index in [1.165, 1.54) is 0 Å². The van der Waals surface area contributed by atoms with Gasteiger partial charge in [0.15, 0.2) is 0 Å². The van der Waals surface area contributed by atoms with E-state index in [-0.39, 0.29) is 5.75 Å². The van der Waals surface area contributed by atoms with E-state index in [2.05, 4.69) is 4.98 Å². The molecule has 0 aliphatic heterocycles. The summed E-state index contributed by atoms with van der Waals surface area (Å²) in [7, 11) is 3.21. The van der Waals surface area contributed by atoms with Gasteiger partial charge < -0.3 is 14.6 Å². The number of pyridine rings is 1. The van der Waals surface area contributed by atoms with Crippen LogP contribution in [0.3, 0.4) is 0 Å². The van der Waals surface area contributed by atoms with Crippen LogP contribution in [0.15, 0.2) is 24.3 Å². The summed E-state index contributed by atoms with van der Waals surface area (Å²) in [5.41, 5.74) is 0.652. The normalized spacial score (nSPS) is 11.8. The molecule has 2 aromatic rings. The Morgan fingerprint density at radius 1 is 1.17 bits per heavy atom. The standard InChI is InChI=1S/C14H17NO3/c1-14(2,18-4)13-12(16)7-9-5-6-10(17-3)8-11(9)15-13/h5-8,16H,1-4H3. The minimum Gasteiger partial charge on any atom is -0.506 e. The zero-order valence-electron chi connectivity index (χ0n) is 11.0. The van der Waals surface area contributed by atoms with Crippen LogP contribution in [-0.4, -0.2) is 24.3 Å². The number of methoxy groups -OCH3 is 2. The van der Waals surface area contributed by atoms with Gasteiger partial charge in [-0.25, -0.2) is 4.98 Å². The summed E-state index contributed by atoms with van der Waals surface area (Å²) in [6.07, 6.45) is 0. The molecule has 0 bridgehead atoms. The van der Waals surface area contributed by atoms with Crippen molar-refractivity contribution >= 4 is 10.9 Å². The zero-order valence-corrected chi connectivity index (χ0v) is 11.0. The lowest BCUT2D eigenvalue weighted by molar-refractivity contribution is 0.0138. The quantitative estimate of drug-likeness (QED) is 0.906. The molecule has 0 fully saturated rings. The Morgan fingerprint density at radius 3 is 2.50 bits per heavy atom. The van der Waals surface area contributed by atoms with Gasteiger partial charge in [-0.15, -0.1) is 0 Å². The van der Waals surface area contributed by atoms with E-state index in [1.54, 1.807) is 20.3 Å². The van der Waals surface area contributed by atoms with Crippen molar-refractivity contribution < 1.29 is 14.6 Å². The van der Waals surface area contributed by atoms with Crippen molar-refractivity contribution in [2.45, 2.75) is 19.4 Å². The molecule has 96 valence electrons. The summed E-state index contributed by atoms with van der Waals surface area (Å²) in [5.74, 6) is 0.876. The Labute approximate surface area is 106 Å². The van der Waals surface area contributed by atoms with Gasteiger partial charge in [-0.2, -0.15) is 0 Å². The van der Waals surface area contributed by atoms with E-state index in [0.717, 1.165) is 16.7 Å². The van der Waals surface area contributed by atoms with Gasteiger partial charge in [0.1, 0.15) is 22.8 Å². The molecule has 4 heteroatoms. The molecule has 1 aromatic heterocycles. The largest absolute Gasteiger partial charge is 0.506 e. The van der Waals surface area contributed by atoms with Gasteiger partial charge in [0, 0.05) is 18.6 Å². The fourth-order valence-electron chi connectivity index (χ4n) is 1.80. The second-order valence-electron chi connectivity index (χ2n) is 4.63. The molecular formula is C14H17NO3. The van der Waals surface area contributed by atoms with E-state index in [0.29, 0.717) is 5.69 Å². The van der Waals surface area contributed by atoms with Gasteiger partial charge in [0.25, 0.3) is 0 Å². The summed E-state index contributed by atoms with van der Waals surface area (Å²) in [6.45, 7) is 3.72. The van der Waals surface area contributed by atoms with E-state index in [1.807, 2.05) is 32.0 Å². The first-order chi connectivity index (χ1) is 8.47. The number of ether oxygens (including phenoxy) is 2. The van der Waals surface area contributed by atoms with Gasteiger partial charge >= 0.3 is 0 Å². The molecule has 0 spiro atoms. The molecule has 0 unspecified atom stereocenters. The van der Waals surface area contributed by atoms with Crippen LogP contribution in [-0.2, 0) is 10.3 Å². The van der Waals surface area contributed by atoms with Crippen molar-refractivity contribution in [3.8, 4) is 11.5 Å². The predicted molar refractivity (Wildman–Crippen MR) is 70.0 cm³/mol. The Morgan fingerprint density at radius 2 is 1.89 bits per heavy atom. The highest BCUT2D eigenvalue weighted by Gasteiger charge is 2.25. The van der Waals surface area contributed by atoms with Crippen molar-refractivity contribution in [1.29, 1.82) is 0 Å². The SMILES string of the molecule is COc1ccc2cc(O)c(C(C)(C)OC)nc2c1. The zero-order chi connectivity index (χ0) is 13.3. The average molecular weight is 247 g/mol. The summed E-state index contributed by atoms with van der Waals surface area (Å²) < 4.78 is 10.5. The van der Waals surface area contributed by atoms with Crippen LogP contribution in [0.2, 0.25) is 0 Å². The summed E-state index contributed by atoms with van der Waals surface area (Å²) in [5, 5.41) is 10.9. The van der Waals surface area contributed by atoms with Crippen LogP contribution in [0.4, 0.5) is 0 Å². The molecule has 0 radical (unpaired) electrons. The molecule has 2 rings (SSSR count). The maximum atomic E-state index is 10.0. The molecule has 0 amide bonds. The first kappa shape index (κ1) is 12.6. The van der Waals surface area contributed by atoms with Gasteiger partial charge in [0.05, 0.1) is 12.6 Å². The Bertz CT molecular complexity index is 579. The first-order valence-corrected chi connectivity index (χ1v) is 5.71. The Hall–Kier alpha value is -1.81. The second-order valence-corrected chi connectivity index (χ2v) is 4.63. The Kier molecular flexibility index (Phi) is 3.13. The lowest BCUT2D eigenvalue weighted by atomic mass is 10.0. The lowest BCUT2D eigenvalue weighted by Crippen LogP contribution is -2.21. The summed E-state index contributed by atoms with van der Waals surface area (Å²) >= 11 is 0. The molecule has 4 nitrogen and oxygen atoms in total. The summed E-state index contributed by atoms with van der Waals surface area (Å²) in [6, 6.07) is 7.23.